The lowest BCUT2D eigenvalue weighted by atomic mass is 10.0. The minimum atomic E-state index is -0.0619. The molecule has 0 bridgehead atoms. The van der Waals surface area contributed by atoms with Crippen molar-refractivity contribution in [3.63, 3.8) is 0 Å². The minimum absolute atomic E-state index is 0.0619. The second kappa shape index (κ2) is 5.44. The van der Waals surface area contributed by atoms with Crippen LogP contribution in [0.15, 0.2) is 41.3 Å². The third-order valence-electron chi connectivity index (χ3n) is 3.47. The number of nitrogens with two attached hydrogens (primary N) is 1. The molecule has 0 saturated carbocycles. The molecular weight excluding hydrogens is 254 g/mol. The van der Waals surface area contributed by atoms with E-state index in [2.05, 4.69) is 15.5 Å². The Hall–Kier alpha value is -2.18. The number of para-hydroxylation sites is 1. The van der Waals surface area contributed by atoms with Crippen molar-refractivity contribution in [1.82, 2.24) is 20.2 Å². The molecule has 0 fully saturated rings. The summed E-state index contributed by atoms with van der Waals surface area (Å²) in [6.45, 7) is 2.83. The van der Waals surface area contributed by atoms with Gasteiger partial charge in [-0.1, -0.05) is 18.2 Å². The summed E-state index contributed by atoms with van der Waals surface area (Å²) in [6, 6.07) is 7.86. The summed E-state index contributed by atoms with van der Waals surface area (Å²) in [4.78, 5) is 4.29. The number of aromatic nitrogens is 3. The zero-order valence-electron chi connectivity index (χ0n) is 11.3. The average molecular weight is 271 g/mol. The first-order valence-corrected chi connectivity index (χ1v) is 6.62. The predicted molar refractivity (Wildman–Crippen MR) is 75.7 cm³/mol. The van der Waals surface area contributed by atoms with Crippen molar-refractivity contribution in [1.29, 1.82) is 0 Å². The molecule has 104 valence electrons. The lowest BCUT2D eigenvalue weighted by Crippen LogP contribution is -2.30. The molecule has 0 aliphatic heterocycles. The molecule has 0 radical (unpaired) electrons. The summed E-state index contributed by atoms with van der Waals surface area (Å²) in [5, 5.41) is 5.25. The van der Waals surface area contributed by atoms with Gasteiger partial charge in [-0.2, -0.15) is 5.10 Å². The van der Waals surface area contributed by atoms with E-state index in [4.69, 9.17) is 10.3 Å². The van der Waals surface area contributed by atoms with Crippen molar-refractivity contribution in [3.8, 4) is 0 Å². The molecule has 0 saturated heterocycles. The first kappa shape index (κ1) is 12.8. The first-order chi connectivity index (χ1) is 9.83. The van der Waals surface area contributed by atoms with Gasteiger partial charge in [0.15, 0.2) is 0 Å². The zero-order chi connectivity index (χ0) is 13.9. The normalized spacial score (nSPS) is 12.9. The highest BCUT2D eigenvalue weighted by molar-refractivity contribution is 5.81. The molecule has 0 aliphatic rings. The van der Waals surface area contributed by atoms with E-state index < -0.39 is 0 Å². The Morgan fingerprint density at radius 3 is 3.05 bits per heavy atom. The van der Waals surface area contributed by atoms with Gasteiger partial charge in [0.1, 0.15) is 17.7 Å². The minimum Gasteiger partial charge on any atom is -0.464 e. The van der Waals surface area contributed by atoms with Crippen molar-refractivity contribution < 1.29 is 4.42 Å². The van der Waals surface area contributed by atoms with Crippen molar-refractivity contribution in [3.05, 3.63) is 48.2 Å². The summed E-state index contributed by atoms with van der Waals surface area (Å²) in [7, 11) is 0. The molecule has 2 aromatic heterocycles. The molecule has 1 atom stereocenters. The molecular formula is C14H17N5O. The Morgan fingerprint density at radius 2 is 2.25 bits per heavy atom. The number of benzene rings is 1. The van der Waals surface area contributed by atoms with E-state index in [1.807, 2.05) is 35.9 Å². The number of fused-ring (bicyclic) bond motifs is 1. The van der Waals surface area contributed by atoms with Crippen LogP contribution in [0.4, 0.5) is 0 Å². The van der Waals surface area contributed by atoms with Gasteiger partial charge in [-0.25, -0.2) is 4.98 Å². The van der Waals surface area contributed by atoms with Crippen LogP contribution in [0, 0.1) is 0 Å². The number of hydrazine groups is 1. The van der Waals surface area contributed by atoms with E-state index in [0.717, 1.165) is 28.9 Å². The maximum atomic E-state index is 5.71. The highest BCUT2D eigenvalue weighted by Gasteiger charge is 2.18. The van der Waals surface area contributed by atoms with Crippen LogP contribution in [0.5, 0.6) is 0 Å². The molecule has 0 aliphatic carbocycles. The third-order valence-corrected chi connectivity index (χ3v) is 3.47. The van der Waals surface area contributed by atoms with Gasteiger partial charge < -0.3 is 4.42 Å². The fourth-order valence-corrected chi connectivity index (χ4v) is 2.42. The largest absolute Gasteiger partial charge is 0.464 e. The van der Waals surface area contributed by atoms with Crippen molar-refractivity contribution in [2.24, 2.45) is 5.84 Å². The molecule has 0 amide bonds. The van der Waals surface area contributed by atoms with Crippen LogP contribution < -0.4 is 11.3 Å². The molecule has 1 unspecified atom stereocenters. The summed E-state index contributed by atoms with van der Waals surface area (Å²) in [5.74, 6) is 6.62. The number of furan rings is 1. The van der Waals surface area contributed by atoms with Crippen LogP contribution in [0.3, 0.4) is 0 Å². The third kappa shape index (κ3) is 2.19. The summed E-state index contributed by atoms with van der Waals surface area (Å²) >= 11 is 0. The SMILES string of the molecule is CCn1ncnc1CC(NN)c1coc2ccccc12. The molecule has 2 heterocycles. The summed E-state index contributed by atoms with van der Waals surface area (Å²) in [5.41, 5.74) is 4.74. The molecule has 3 aromatic rings. The highest BCUT2D eigenvalue weighted by atomic mass is 16.3. The smallest absolute Gasteiger partial charge is 0.138 e. The van der Waals surface area contributed by atoms with Crippen molar-refractivity contribution >= 4 is 11.0 Å². The lowest BCUT2D eigenvalue weighted by Gasteiger charge is -2.14. The van der Waals surface area contributed by atoms with E-state index in [1.54, 1.807) is 12.6 Å². The number of nitrogens with one attached hydrogen (secondary N) is 1. The number of rotatable bonds is 5. The second-order valence-corrected chi connectivity index (χ2v) is 4.60. The van der Waals surface area contributed by atoms with E-state index in [1.165, 1.54) is 0 Å². The van der Waals surface area contributed by atoms with Crippen LogP contribution in [0.1, 0.15) is 24.4 Å². The van der Waals surface area contributed by atoms with Crippen molar-refractivity contribution in [2.45, 2.75) is 25.9 Å². The number of nitrogens with zero attached hydrogens (tertiary/aromatic N) is 3. The molecule has 0 spiro atoms. The summed E-state index contributed by atoms with van der Waals surface area (Å²) in [6.07, 6.45) is 3.98. The van der Waals surface area contributed by atoms with Crippen LogP contribution in [0.2, 0.25) is 0 Å². The zero-order valence-corrected chi connectivity index (χ0v) is 11.3. The van der Waals surface area contributed by atoms with Gasteiger partial charge in [-0.05, 0) is 13.0 Å². The van der Waals surface area contributed by atoms with Crippen LogP contribution in [-0.2, 0) is 13.0 Å². The molecule has 3 N–H and O–H groups in total. The number of hydrogen-bond donors (Lipinski definition) is 2. The maximum Gasteiger partial charge on any atom is 0.138 e. The van der Waals surface area contributed by atoms with E-state index in [-0.39, 0.29) is 6.04 Å². The Balaban J connectivity index is 1.94. The Bertz CT molecular complexity index is 702. The monoisotopic (exact) mass is 271 g/mol. The molecule has 1 aromatic carbocycles. The van der Waals surface area contributed by atoms with Gasteiger partial charge in [-0.15, -0.1) is 0 Å². The Morgan fingerprint density at radius 1 is 1.40 bits per heavy atom. The van der Waals surface area contributed by atoms with E-state index in [0.29, 0.717) is 6.42 Å². The maximum absolute atomic E-state index is 5.71. The predicted octanol–water partition coefficient (Wildman–Crippen LogP) is 1.79. The number of aryl methyl sites for hydroxylation is 1. The number of hydrogen-bond acceptors (Lipinski definition) is 5. The second-order valence-electron chi connectivity index (χ2n) is 4.60. The molecule has 20 heavy (non-hydrogen) atoms. The Kier molecular flexibility index (Phi) is 3.49. The van der Waals surface area contributed by atoms with E-state index in [9.17, 15) is 0 Å². The first-order valence-electron chi connectivity index (χ1n) is 6.62. The fourth-order valence-electron chi connectivity index (χ4n) is 2.42. The topological polar surface area (TPSA) is 81.9 Å². The van der Waals surface area contributed by atoms with Gasteiger partial charge in [-0.3, -0.25) is 16.0 Å². The fraction of sp³-hybridized carbons (Fsp3) is 0.286. The van der Waals surface area contributed by atoms with Crippen LogP contribution in [0.25, 0.3) is 11.0 Å². The quantitative estimate of drug-likeness (QED) is 0.546. The molecule has 6 heteroatoms. The van der Waals surface area contributed by atoms with Gasteiger partial charge >= 0.3 is 0 Å². The Labute approximate surface area is 116 Å². The van der Waals surface area contributed by atoms with Crippen LogP contribution >= 0.6 is 0 Å². The highest BCUT2D eigenvalue weighted by Crippen LogP contribution is 2.27. The van der Waals surface area contributed by atoms with Gasteiger partial charge in [0.25, 0.3) is 0 Å². The molecule has 3 rings (SSSR count). The average Bonchev–Trinajstić information content (AvgIpc) is 3.11. The van der Waals surface area contributed by atoms with Gasteiger partial charge in [0.2, 0.25) is 0 Å². The standard InChI is InChI=1S/C14H17N5O/c1-2-19-14(16-9-17-19)7-12(18-15)11-8-20-13-6-4-3-5-10(11)13/h3-6,8-9,12,18H,2,7,15H2,1H3. The van der Waals surface area contributed by atoms with Gasteiger partial charge in [0, 0.05) is 23.9 Å². The van der Waals surface area contributed by atoms with Crippen LogP contribution in [-0.4, -0.2) is 14.8 Å². The van der Waals surface area contributed by atoms with Crippen molar-refractivity contribution in [2.75, 3.05) is 0 Å². The lowest BCUT2D eigenvalue weighted by molar-refractivity contribution is 0.503. The molecule has 6 nitrogen and oxygen atoms in total. The van der Waals surface area contributed by atoms with E-state index >= 15 is 0 Å². The summed E-state index contributed by atoms with van der Waals surface area (Å²) < 4.78 is 7.44. The van der Waals surface area contributed by atoms with Gasteiger partial charge in [0.05, 0.1) is 12.3 Å².